The number of hydrogen-bond acceptors (Lipinski definition) is 2. The molecule has 2 aromatic rings. The monoisotopic (exact) mass is 344 g/mol. The van der Waals surface area contributed by atoms with Crippen molar-refractivity contribution < 1.29 is 9.53 Å². The topological polar surface area (TPSA) is 26.3 Å². The van der Waals surface area contributed by atoms with E-state index in [9.17, 15) is 4.79 Å². The lowest BCUT2D eigenvalue weighted by Crippen LogP contribution is -2.07. The van der Waals surface area contributed by atoms with E-state index < -0.39 is 0 Å². The molecular weight excluding hydrogens is 328 g/mol. The third-order valence-electron chi connectivity index (χ3n) is 4.08. The molecule has 0 amide bonds. The van der Waals surface area contributed by atoms with E-state index in [1.165, 1.54) is 5.56 Å². The second-order valence-electron chi connectivity index (χ2n) is 5.50. The molecule has 21 heavy (non-hydrogen) atoms. The third kappa shape index (κ3) is 2.75. The zero-order valence-electron chi connectivity index (χ0n) is 12.2. The summed E-state index contributed by atoms with van der Waals surface area (Å²) in [4.78, 5) is 12.6. The van der Waals surface area contributed by atoms with Crippen LogP contribution in [0, 0.1) is 13.8 Å². The Balaban J connectivity index is 1.94. The van der Waals surface area contributed by atoms with Gasteiger partial charge in [0.2, 0.25) is 0 Å². The molecule has 0 N–H and O–H groups in total. The van der Waals surface area contributed by atoms with Crippen molar-refractivity contribution in [3.8, 4) is 5.75 Å². The maximum absolute atomic E-state index is 12.6. The summed E-state index contributed by atoms with van der Waals surface area (Å²) in [5.41, 5.74) is 5.18. The number of halogens is 1. The fourth-order valence-corrected chi connectivity index (χ4v) is 3.35. The maximum Gasteiger partial charge on any atom is 0.167 e. The Morgan fingerprint density at radius 3 is 2.90 bits per heavy atom. The SMILES string of the molecule is Cc1cccc(C(=O)Cc2cc(Br)cc3c2OCC3)c1C. The third-order valence-corrected chi connectivity index (χ3v) is 4.54. The minimum absolute atomic E-state index is 0.145. The summed E-state index contributed by atoms with van der Waals surface area (Å²) in [6.07, 6.45) is 1.30. The molecule has 0 spiro atoms. The van der Waals surface area contributed by atoms with Crippen molar-refractivity contribution in [1.29, 1.82) is 0 Å². The van der Waals surface area contributed by atoms with Gasteiger partial charge in [-0.15, -0.1) is 0 Å². The summed E-state index contributed by atoms with van der Waals surface area (Å²) in [5, 5.41) is 0. The first-order valence-corrected chi connectivity index (χ1v) is 7.89. The van der Waals surface area contributed by atoms with Crippen LogP contribution in [0.15, 0.2) is 34.8 Å². The predicted octanol–water partition coefficient (Wildman–Crippen LogP) is 4.43. The van der Waals surface area contributed by atoms with Gasteiger partial charge in [0.05, 0.1) is 6.61 Å². The van der Waals surface area contributed by atoms with Crippen LogP contribution in [0.2, 0.25) is 0 Å². The van der Waals surface area contributed by atoms with Crippen molar-refractivity contribution in [3.63, 3.8) is 0 Å². The summed E-state index contributed by atoms with van der Waals surface area (Å²) in [6, 6.07) is 9.95. The summed E-state index contributed by atoms with van der Waals surface area (Å²) in [5.74, 6) is 1.05. The molecule has 0 atom stereocenters. The van der Waals surface area contributed by atoms with Crippen LogP contribution in [0.3, 0.4) is 0 Å². The van der Waals surface area contributed by atoms with Gasteiger partial charge >= 0.3 is 0 Å². The van der Waals surface area contributed by atoms with Gasteiger partial charge in [-0.3, -0.25) is 4.79 Å². The van der Waals surface area contributed by atoms with Crippen molar-refractivity contribution in [3.05, 3.63) is 62.6 Å². The molecule has 0 radical (unpaired) electrons. The second kappa shape index (κ2) is 5.64. The molecule has 1 heterocycles. The number of hydrogen-bond donors (Lipinski definition) is 0. The van der Waals surface area contributed by atoms with Gasteiger partial charge in [-0.25, -0.2) is 0 Å². The predicted molar refractivity (Wildman–Crippen MR) is 87.3 cm³/mol. The van der Waals surface area contributed by atoms with Crippen molar-refractivity contribution in [1.82, 2.24) is 0 Å². The number of carbonyl (C=O) groups is 1. The van der Waals surface area contributed by atoms with Crippen LogP contribution in [-0.4, -0.2) is 12.4 Å². The number of Topliss-reactive ketones (excluding diaryl/α,β-unsaturated/α-hetero) is 1. The van der Waals surface area contributed by atoms with E-state index in [2.05, 4.69) is 22.0 Å². The Hall–Kier alpha value is -1.61. The first-order chi connectivity index (χ1) is 10.1. The van der Waals surface area contributed by atoms with Gasteiger partial charge in [-0.1, -0.05) is 34.1 Å². The lowest BCUT2D eigenvalue weighted by molar-refractivity contribution is 0.0991. The van der Waals surface area contributed by atoms with Gasteiger partial charge in [0.1, 0.15) is 5.75 Å². The van der Waals surface area contributed by atoms with E-state index in [1.54, 1.807) is 0 Å². The standard InChI is InChI=1S/C18H17BrO2/c1-11-4-3-5-16(12(11)2)17(20)10-14-9-15(19)8-13-6-7-21-18(13)14/h3-5,8-9H,6-7,10H2,1-2H3. The zero-order valence-corrected chi connectivity index (χ0v) is 13.8. The molecule has 0 saturated carbocycles. The molecule has 1 aliphatic rings. The molecule has 0 aliphatic carbocycles. The van der Waals surface area contributed by atoms with Crippen LogP contribution in [0.5, 0.6) is 5.75 Å². The molecule has 2 aromatic carbocycles. The number of ether oxygens (including phenoxy) is 1. The molecule has 3 rings (SSSR count). The zero-order chi connectivity index (χ0) is 15.0. The van der Waals surface area contributed by atoms with Crippen LogP contribution in [0.4, 0.5) is 0 Å². The minimum atomic E-state index is 0.145. The number of fused-ring (bicyclic) bond motifs is 1. The van der Waals surface area contributed by atoms with Gasteiger partial charge < -0.3 is 4.74 Å². The van der Waals surface area contributed by atoms with Crippen LogP contribution >= 0.6 is 15.9 Å². The molecule has 0 saturated heterocycles. The highest BCUT2D eigenvalue weighted by molar-refractivity contribution is 9.10. The summed E-state index contributed by atoms with van der Waals surface area (Å²) in [7, 11) is 0. The van der Waals surface area contributed by atoms with E-state index >= 15 is 0 Å². The smallest absolute Gasteiger partial charge is 0.167 e. The lowest BCUT2D eigenvalue weighted by atomic mass is 9.95. The van der Waals surface area contributed by atoms with Gasteiger partial charge in [-0.2, -0.15) is 0 Å². The highest BCUT2D eigenvalue weighted by atomic mass is 79.9. The average Bonchev–Trinajstić information content (AvgIpc) is 2.90. The Bertz CT molecular complexity index is 719. The Morgan fingerprint density at radius 2 is 2.10 bits per heavy atom. The number of ketones is 1. The van der Waals surface area contributed by atoms with E-state index in [4.69, 9.17) is 4.74 Å². The number of rotatable bonds is 3. The van der Waals surface area contributed by atoms with E-state index in [0.29, 0.717) is 13.0 Å². The molecule has 0 bridgehead atoms. The highest BCUT2D eigenvalue weighted by Gasteiger charge is 2.20. The van der Waals surface area contributed by atoms with Crippen LogP contribution < -0.4 is 4.74 Å². The molecular formula is C18H17BrO2. The normalized spacial score (nSPS) is 12.9. The molecule has 1 aliphatic heterocycles. The van der Waals surface area contributed by atoms with Crippen LogP contribution in [0.1, 0.15) is 32.6 Å². The first kappa shape index (κ1) is 14.3. The van der Waals surface area contributed by atoms with Gasteiger partial charge in [0, 0.05) is 28.4 Å². The molecule has 0 fully saturated rings. The van der Waals surface area contributed by atoms with E-state index in [0.717, 1.165) is 38.9 Å². The first-order valence-electron chi connectivity index (χ1n) is 7.10. The lowest BCUT2D eigenvalue weighted by Gasteiger charge is -2.11. The molecule has 0 unspecified atom stereocenters. The van der Waals surface area contributed by atoms with Crippen molar-refractivity contribution in [2.75, 3.05) is 6.61 Å². The highest BCUT2D eigenvalue weighted by Crippen LogP contribution is 2.34. The Labute approximate surface area is 133 Å². The number of carbonyl (C=O) groups excluding carboxylic acids is 1. The van der Waals surface area contributed by atoms with E-state index in [1.807, 2.05) is 38.1 Å². The summed E-state index contributed by atoms with van der Waals surface area (Å²) in [6.45, 7) is 4.74. The summed E-state index contributed by atoms with van der Waals surface area (Å²) < 4.78 is 6.71. The van der Waals surface area contributed by atoms with Crippen molar-refractivity contribution in [2.24, 2.45) is 0 Å². The second-order valence-corrected chi connectivity index (χ2v) is 6.41. The fraction of sp³-hybridized carbons (Fsp3) is 0.278. The fourth-order valence-electron chi connectivity index (χ4n) is 2.80. The van der Waals surface area contributed by atoms with Crippen molar-refractivity contribution in [2.45, 2.75) is 26.7 Å². The van der Waals surface area contributed by atoms with Crippen LogP contribution in [-0.2, 0) is 12.8 Å². The quantitative estimate of drug-likeness (QED) is 0.770. The minimum Gasteiger partial charge on any atom is -0.493 e. The van der Waals surface area contributed by atoms with Gasteiger partial charge in [0.25, 0.3) is 0 Å². The Kier molecular flexibility index (Phi) is 3.85. The number of benzene rings is 2. The van der Waals surface area contributed by atoms with Gasteiger partial charge in [-0.05, 0) is 42.7 Å². The summed E-state index contributed by atoms with van der Waals surface area (Å²) >= 11 is 3.52. The molecule has 2 nitrogen and oxygen atoms in total. The number of aryl methyl sites for hydroxylation is 1. The van der Waals surface area contributed by atoms with Crippen LogP contribution in [0.25, 0.3) is 0 Å². The molecule has 3 heteroatoms. The van der Waals surface area contributed by atoms with E-state index in [-0.39, 0.29) is 5.78 Å². The maximum atomic E-state index is 12.6. The average molecular weight is 345 g/mol. The van der Waals surface area contributed by atoms with Gasteiger partial charge in [0.15, 0.2) is 5.78 Å². The largest absolute Gasteiger partial charge is 0.493 e. The molecule has 0 aromatic heterocycles. The molecule has 108 valence electrons. The van der Waals surface area contributed by atoms with Crippen molar-refractivity contribution >= 4 is 21.7 Å². The Morgan fingerprint density at radius 1 is 1.29 bits per heavy atom.